The molecule has 1 aliphatic carbocycles. The van der Waals surface area contributed by atoms with Crippen LogP contribution in [-0.4, -0.2) is 22.9 Å². The molecule has 7 heteroatoms. The maximum absolute atomic E-state index is 14.0. The number of carboxylic acid groups (broad SMARTS) is 1. The molecule has 0 bridgehead atoms. The van der Waals surface area contributed by atoms with Gasteiger partial charge in [0.15, 0.2) is 0 Å². The molecule has 0 aliphatic heterocycles. The minimum Gasteiger partial charge on any atom is -0.478 e. The molecule has 1 unspecified atom stereocenters. The van der Waals surface area contributed by atoms with E-state index >= 15 is 0 Å². The van der Waals surface area contributed by atoms with Gasteiger partial charge in [-0.15, -0.1) is 0 Å². The Morgan fingerprint density at radius 3 is 2.33 bits per heavy atom. The predicted octanol–water partition coefficient (Wildman–Crippen LogP) is 3.36. The standard InChI is InChI=1S/C20H19FN2O4/c1-11(12-4-7-15(8-5-12)23-18(24)13-2-3-13)22-19(25)16-9-6-14(20(26)27)10-17(16)21/h4-11,13H,2-3H2,1H3,(H,22,25)(H,23,24)(H,26,27). The van der Waals surface area contributed by atoms with Crippen molar-refractivity contribution in [2.24, 2.45) is 5.92 Å². The maximum atomic E-state index is 14.0. The van der Waals surface area contributed by atoms with Gasteiger partial charge in [-0.2, -0.15) is 0 Å². The van der Waals surface area contributed by atoms with Crippen LogP contribution in [0.5, 0.6) is 0 Å². The van der Waals surface area contributed by atoms with Gasteiger partial charge in [0, 0.05) is 11.6 Å². The first-order valence-corrected chi connectivity index (χ1v) is 8.59. The SMILES string of the molecule is CC(NC(=O)c1ccc(C(=O)O)cc1F)c1ccc(NC(=O)C2CC2)cc1. The minimum absolute atomic E-state index is 0.0179. The number of nitrogens with one attached hydrogen (secondary N) is 2. The largest absolute Gasteiger partial charge is 0.478 e. The number of benzene rings is 2. The van der Waals surface area contributed by atoms with E-state index in [1.54, 1.807) is 31.2 Å². The molecule has 0 spiro atoms. The summed E-state index contributed by atoms with van der Waals surface area (Å²) < 4.78 is 14.0. The Kier molecular flexibility index (Phi) is 5.21. The van der Waals surface area contributed by atoms with E-state index < -0.39 is 23.7 Å². The summed E-state index contributed by atoms with van der Waals surface area (Å²) >= 11 is 0. The highest BCUT2D eigenvalue weighted by molar-refractivity contribution is 5.96. The van der Waals surface area contributed by atoms with Crippen molar-refractivity contribution in [1.82, 2.24) is 5.32 Å². The van der Waals surface area contributed by atoms with Gasteiger partial charge in [0.05, 0.1) is 17.2 Å². The number of carbonyl (C=O) groups is 3. The van der Waals surface area contributed by atoms with Gasteiger partial charge in [0.25, 0.3) is 5.91 Å². The van der Waals surface area contributed by atoms with E-state index in [0.717, 1.165) is 30.5 Å². The average molecular weight is 370 g/mol. The lowest BCUT2D eigenvalue weighted by Crippen LogP contribution is -2.27. The molecule has 140 valence electrons. The summed E-state index contributed by atoms with van der Waals surface area (Å²) in [5.74, 6) is -2.65. The lowest BCUT2D eigenvalue weighted by Gasteiger charge is -2.15. The van der Waals surface area contributed by atoms with E-state index in [0.29, 0.717) is 5.69 Å². The monoisotopic (exact) mass is 370 g/mol. The van der Waals surface area contributed by atoms with Crippen molar-refractivity contribution in [2.45, 2.75) is 25.8 Å². The molecule has 2 aromatic rings. The van der Waals surface area contributed by atoms with Crippen molar-refractivity contribution >= 4 is 23.5 Å². The minimum atomic E-state index is -1.26. The van der Waals surface area contributed by atoms with Gasteiger partial charge in [-0.05, 0) is 55.7 Å². The molecule has 1 atom stereocenters. The summed E-state index contributed by atoms with van der Waals surface area (Å²) in [6.45, 7) is 1.75. The molecule has 2 amide bonds. The molecule has 0 radical (unpaired) electrons. The van der Waals surface area contributed by atoms with Gasteiger partial charge >= 0.3 is 5.97 Å². The fraction of sp³-hybridized carbons (Fsp3) is 0.250. The van der Waals surface area contributed by atoms with Crippen LogP contribution < -0.4 is 10.6 Å². The van der Waals surface area contributed by atoms with Crippen LogP contribution in [0.25, 0.3) is 0 Å². The normalized spacial score (nSPS) is 14.3. The van der Waals surface area contributed by atoms with Gasteiger partial charge in [-0.1, -0.05) is 12.1 Å². The molecule has 0 saturated heterocycles. The number of carbonyl (C=O) groups excluding carboxylic acids is 2. The summed E-state index contributed by atoms with van der Waals surface area (Å²) in [6.07, 6.45) is 1.86. The molecule has 6 nitrogen and oxygen atoms in total. The van der Waals surface area contributed by atoms with E-state index in [2.05, 4.69) is 10.6 Å². The Balaban J connectivity index is 1.64. The third-order valence-electron chi connectivity index (χ3n) is 4.43. The number of halogens is 1. The zero-order valence-electron chi connectivity index (χ0n) is 14.7. The molecule has 3 N–H and O–H groups in total. The number of aromatic carboxylic acids is 1. The van der Waals surface area contributed by atoms with Gasteiger partial charge in [-0.25, -0.2) is 9.18 Å². The van der Waals surface area contributed by atoms with Gasteiger partial charge in [0.1, 0.15) is 5.82 Å². The molecule has 3 rings (SSSR count). The van der Waals surface area contributed by atoms with Gasteiger partial charge < -0.3 is 15.7 Å². The van der Waals surface area contributed by atoms with Crippen LogP contribution in [0.2, 0.25) is 0 Å². The predicted molar refractivity (Wildman–Crippen MR) is 97.0 cm³/mol. The van der Waals surface area contributed by atoms with Crippen LogP contribution in [0.3, 0.4) is 0 Å². The molecule has 27 heavy (non-hydrogen) atoms. The molecular formula is C20H19FN2O4. The van der Waals surface area contributed by atoms with Crippen molar-refractivity contribution in [1.29, 1.82) is 0 Å². The maximum Gasteiger partial charge on any atom is 0.335 e. The number of hydrogen-bond donors (Lipinski definition) is 3. The van der Waals surface area contributed by atoms with E-state index in [1.807, 2.05) is 0 Å². The first-order valence-electron chi connectivity index (χ1n) is 8.59. The van der Waals surface area contributed by atoms with E-state index in [9.17, 15) is 18.8 Å². The molecule has 1 saturated carbocycles. The Bertz CT molecular complexity index is 891. The summed E-state index contributed by atoms with van der Waals surface area (Å²) in [7, 11) is 0. The second-order valence-electron chi connectivity index (χ2n) is 6.58. The van der Waals surface area contributed by atoms with Crippen LogP contribution in [0, 0.1) is 11.7 Å². The number of amides is 2. The third kappa shape index (κ3) is 4.49. The highest BCUT2D eigenvalue weighted by Gasteiger charge is 2.29. The highest BCUT2D eigenvalue weighted by atomic mass is 19.1. The van der Waals surface area contributed by atoms with Crippen LogP contribution >= 0.6 is 0 Å². The second-order valence-corrected chi connectivity index (χ2v) is 6.58. The number of hydrogen-bond acceptors (Lipinski definition) is 3. The van der Waals surface area contributed by atoms with Crippen molar-refractivity contribution in [3.63, 3.8) is 0 Å². The summed E-state index contributed by atoms with van der Waals surface area (Å²) in [5.41, 5.74) is 1.03. The zero-order chi connectivity index (χ0) is 19.6. The Morgan fingerprint density at radius 2 is 1.78 bits per heavy atom. The highest BCUT2D eigenvalue weighted by Crippen LogP contribution is 2.30. The van der Waals surface area contributed by atoms with E-state index in [-0.39, 0.29) is 23.0 Å². The Labute approximate surface area is 155 Å². The van der Waals surface area contributed by atoms with E-state index in [4.69, 9.17) is 5.11 Å². The lowest BCUT2D eigenvalue weighted by atomic mass is 10.1. The summed E-state index contributed by atoms with van der Waals surface area (Å²) in [6, 6.07) is 9.80. The van der Waals surface area contributed by atoms with E-state index in [1.165, 1.54) is 6.07 Å². The Hall–Kier alpha value is -3.22. The van der Waals surface area contributed by atoms with Crippen LogP contribution in [0.1, 0.15) is 52.1 Å². The first kappa shape index (κ1) is 18.6. The van der Waals surface area contributed by atoms with Crippen molar-refractivity contribution in [3.8, 4) is 0 Å². The molecule has 0 aromatic heterocycles. The fourth-order valence-electron chi connectivity index (χ4n) is 2.63. The van der Waals surface area contributed by atoms with Crippen molar-refractivity contribution in [2.75, 3.05) is 5.32 Å². The number of rotatable bonds is 6. The molecule has 0 heterocycles. The van der Waals surface area contributed by atoms with Gasteiger partial charge in [-0.3, -0.25) is 9.59 Å². The number of anilines is 1. The second kappa shape index (κ2) is 7.57. The van der Waals surface area contributed by atoms with Gasteiger partial charge in [0.2, 0.25) is 5.91 Å². The van der Waals surface area contributed by atoms with Crippen LogP contribution in [-0.2, 0) is 4.79 Å². The molecular weight excluding hydrogens is 351 g/mol. The van der Waals surface area contributed by atoms with Crippen molar-refractivity contribution in [3.05, 3.63) is 65.0 Å². The summed E-state index contributed by atoms with van der Waals surface area (Å²) in [4.78, 5) is 34.9. The quantitative estimate of drug-likeness (QED) is 0.726. The topological polar surface area (TPSA) is 95.5 Å². The molecule has 1 aliphatic rings. The molecule has 2 aromatic carbocycles. The fourth-order valence-corrected chi connectivity index (χ4v) is 2.63. The lowest BCUT2D eigenvalue weighted by molar-refractivity contribution is -0.117. The first-order chi connectivity index (χ1) is 12.8. The molecule has 1 fully saturated rings. The van der Waals surface area contributed by atoms with Crippen LogP contribution in [0.4, 0.5) is 10.1 Å². The Morgan fingerprint density at radius 1 is 1.11 bits per heavy atom. The zero-order valence-corrected chi connectivity index (χ0v) is 14.7. The van der Waals surface area contributed by atoms with Crippen molar-refractivity contribution < 1.29 is 23.9 Å². The van der Waals surface area contributed by atoms with Crippen LogP contribution in [0.15, 0.2) is 42.5 Å². The average Bonchev–Trinajstić information content (AvgIpc) is 3.47. The number of carboxylic acids is 1. The smallest absolute Gasteiger partial charge is 0.335 e. The third-order valence-corrected chi connectivity index (χ3v) is 4.43. The summed E-state index contributed by atoms with van der Waals surface area (Å²) in [5, 5.41) is 14.4.